The Bertz CT molecular complexity index is 289. The molecule has 14 heavy (non-hydrogen) atoms. The van der Waals surface area contributed by atoms with Gasteiger partial charge >= 0.3 is 0 Å². The van der Waals surface area contributed by atoms with Crippen LogP contribution in [-0.4, -0.2) is 6.61 Å². The minimum absolute atomic E-state index is 0.821. The Balaban J connectivity index is 2.65. The van der Waals surface area contributed by atoms with E-state index >= 15 is 0 Å². The highest BCUT2D eigenvalue weighted by Crippen LogP contribution is 2.25. The van der Waals surface area contributed by atoms with Crippen LogP contribution in [0.1, 0.15) is 25.3 Å². The molecule has 0 fully saturated rings. The molecule has 0 saturated carbocycles. The fourth-order valence-electron chi connectivity index (χ4n) is 1.12. The Morgan fingerprint density at radius 2 is 2.21 bits per heavy atom. The molecule has 3 heteroatoms. The van der Waals surface area contributed by atoms with E-state index in [1.165, 1.54) is 12.0 Å². The lowest BCUT2D eigenvalue weighted by molar-refractivity contribution is 0.307. The Morgan fingerprint density at radius 3 is 2.86 bits per heavy atom. The molecular weight excluding hydrogens is 355 g/mol. The van der Waals surface area contributed by atoms with Crippen LogP contribution in [0.4, 0.5) is 0 Å². The first-order valence-electron chi connectivity index (χ1n) is 4.75. The van der Waals surface area contributed by atoms with Gasteiger partial charge in [0.1, 0.15) is 5.75 Å². The van der Waals surface area contributed by atoms with Crippen LogP contribution in [0.25, 0.3) is 0 Å². The van der Waals surface area contributed by atoms with Crippen molar-refractivity contribution in [1.82, 2.24) is 0 Å². The fourth-order valence-corrected chi connectivity index (χ4v) is 2.12. The maximum atomic E-state index is 5.70. The Morgan fingerprint density at radius 1 is 1.43 bits per heavy atom. The van der Waals surface area contributed by atoms with E-state index in [2.05, 4.69) is 51.5 Å². The van der Waals surface area contributed by atoms with Crippen LogP contribution < -0.4 is 4.74 Å². The van der Waals surface area contributed by atoms with Crippen LogP contribution >= 0.6 is 38.5 Å². The van der Waals surface area contributed by atoms with Crippen molar-refractivity contribution in [2.45, 2.75) is 24.2 Å². The molecule has 0 aliphatic rings. The molecule has 0 heterocycles. The van der Waals surface area contributed by atoms with Gasteiger partial charge in [0.15, 0.2) is 0 Å². The summed E-state index contributed by atoms with van der Waals surface area (Å²) in [5.74, 6) is 1.02. The predicted molar refractivity (Wildman–Crippen MR) is 72.3 cm³/mol. The SMILES string of the molecule is CCCCOc1ccc(Br)cc1CI. The third-order valence-electron chi connectivity index (χ3n) is 1.92. The Labute approximate surface area is 107 Å². The number of unbranched alkanes of at least 4 members (excludes halogenated alkanes) is 1. The summed E-state index contributed by atoms with van der Waals surface area (Å²) in [5, 5.41) is 0. The van der Waals surface area contributed by atoms with E-state index < -0.39 is 0 Å². The first kappa shape index (κ1) is 12.3. The number of halogens is 2. The average molecular weight is 369 g/mol. The van der Waals surface area contributed by atoms with E-state index in [1.54, 1.807) is 0 Å². The van der Waals surface area contributed by atoms with Crippen molar-refractivity contribution in [2.24, 2.45) is 0 Å². The summed E-state index contributed by atoms with van der Waals surface area (Å²) in [7, 11) is 0. The van der Waals surface area contributed by atoms with E-state index in [0.717, 1.165) is 27.7 Å². The second-order valence-electron chi connectivity index (χ2n) is 3.09. The summed E-state index contributed by atoms with van der Waals surface area (Å²) in [6.07, 6.45) is 2.30. The summed E-state index contributed by atoms with van der Waals surface area (Å²) in [6, 6.07) is 6.18. The van der Waals surface area contributed by atoms with E-state index in [9.17, 15) is 0 Å². The molecule has 78 valence electrons. The van der Waals surface area contributed by atoms with Gasteiger partial charge < -0.3 is 4.74 Å². The molecule has 0 spiro atoms. The van der Waals surface area contributed by atoms with Gasteiger partial charge in [-0.05, 0) is 24.6 Å². The number of hydrogen-bond acceptors (Lipinski definition) is 1. The van der Waals surface area contributed by atoms with Gasteiger partial charge in [0, 0.05) is 14.5 Å². The quantitative estimate of drug-likeness (QED) is 0.420. The lowest BCUT2D eigenvalue weighted by Crippen LogP contribution is -1.98. The summed E-state index contributed by atoms with van der Waals surface area (Å²) in [4.78, 5) is 0. The molecule has 0 saturated heterocycles. The van der Waals surface area contributed by atoms with Crippen molar-refractivity contribution in [3.05, 3.63) is 28.2 Å². The summed E-state index contributed by atoms with van der Waals surface area (Å²) in [6.45, 7) is 2.99. The van der Waals surface area contributed by atoms with Gasteiger partial charge in [-0.1, -0.05) is 51.9 Å². The van der Waals surface area contributed by atoms with Gasteiger partial charge in [-0.3, -0.25) is 0 Å². The van der Waals surface area contributed by atoms with Crippen molar-refractivity contribution in [1.29, 1.82) is 0 Å². The zero-order valence-electron chi connectivity index (χ0n) is 8.22. The van der Waals surface area contributed by atoms with Crippen LogP contribution in [0.5, 0.6) is 5.75 Å². The van der Waals surface area contributed by atoms with Gasteiger partial charge in [-0.15, -0.1) is 0 Å². The molecular formula is C11H14BrIO. The van der Waals surface area contributed by atoms with E-state index in [4.69, 9.17) is 4.74 Å². The third-order valence-corrected chi connectivity index (χ3v) is 3.24. The van der Waals surface area contributed by atoms with Gasteiger partial charge in [0.25, 0.3) is 0 Å². The molecule has 1 nitrogen and oxygen atoms in total. The van der Waals surface area contributed by atoms with Crippen molar-refractivity contribution in [3.63, 3.8) is 0 Å². The highest BCUT2D eigenvalue weighted by molar-refractivity contribution is 14.1. The predicted octanol–water partition coefficient (Wildman–Crippen LogP) is 4.56. The number of benzene rings is 1. The molecule has 0 radical (unpaired) electrons. The third kappa shape index (κ3) is 3.77. The molecule has 1 aromatic carbocycles. The zero-order chi connectivity index (χ0) is 10.4. The van der Waals surface area contributed by atoms with E-state index in [-0.39, 0.29) is 0 Å². The molecule has 1 aromatic rings. The van der Waals surface area contributed by atoms with Crippen molar-refractivity contribution in [2.75, 3.05) is 6.61 Å². The van der Waals surface area contributed by atoms with Crippen LogP contribution in [0.15, 0.2) is 22.7 Å². The topological polar surface area (TPSA) is 9.23 Å². The molecule has 0 aromatic heterocycles. The second-order valence-corrected chi connectivity index (χ2v) is 4.77. The Kier molecular flexibility index (Phi) is 5.86. The fraction of sp³-hybridized carbons (Fsp3) is 0.455. The summed E-state index contributed by atoms with van der Waals surface area (Å²) >= 11 is 5.82. The zero-order valence-corrected chi connectivity index (χ0v) is 12.0. The highest BCUT2D eigenvalue weighted by Gasteiger charge is 2.02. The average Bonchev–Trinajstić information content (AvgIpc) is 2.20. The highest BCUT2D eigenvalue weighted by atomic mass is 127. The summed E-state index contributed by atoms with van der Waals surface area (Å²) < 4.78 is 7.80. The first-order valence-corrected chi connectivity index (χ1v) is 7.07. The molecule has 0 aliphatic carbocycles. The maximum Gasteiger partial charge on any atom is 0.123 e. The molecule has 0 aliphatic heterocycles. The second kappa shape index (κ2) is 6.67. The van der Waals surface area contributed by atoms with Gasteiger partial charge in [0.05, 0.1) is 6.61 Å². The normalized spacial score (nSPS) is 10.2. The molecule has 0 unspecified atom stereocenters. The first-order chi connectivity index (χ1) is 6.77. The number of alkyl halides is 1. The minimum Gasteiger partial charge on any atom is -0.493 e. The molecule has 1 rings (SSSR count). The number of rotatable bonds is 5. The molecule has 0 amide bonds. The van der Waals surface area contributed by atoms with Crippen LogP contribution in [0.3, 0.4) is 0 Å². The lowest BCUT2D eigenvalue weighted by Gasteiger charge is -2.09. The lowest BCUT2D eigenvalue weighted by atomic mass is 10.2. The van der Waals surface area contributed by atoms with Gasteiger partial charge in [-0.2, -0.15) is 0 Å². The molecule has 0 atom stereocenters. The summed E-state index contributed by atoms with van der Waals surface area (Å²) in [5.41, 5.74) is 1.26. The smallest absolute Gasteiger partial charge is 0.123 e. The Hall–Kier alpha value is 0.230. The van der Waals surface area contributed by atoms with E-state index in [1.807, 2.05) is 12.1 Å². The van der Waals surface area contributed by atoms with Crippen molar-refractivity contribution in [3.8, 4) is 5.75 Å². The molecule has 0 bridgehead atoms. The number of ether oxygens (including phenoxy) is 1. The standard InChI is InChI=1S/C11H14BrIO/c1-2-3-6-14-11-5-4-10(12)7-9(11)8-13/h4-5,7H,2-3,6,8H2,1H3. The largest absolute Gasteiger partial charge is 0.493 e. The minimum atomic E-state index is 0.821. The van der Waals surface area contributed by atoms with Crippen LogP contribution in [-0.2, 0) is 4.43 Å². The van der Waals surface area contributed by atoms with Gasteiger partial charge in [-0.25, -0.2) is 0 Å². The molecule has 0 N–H and O–H groups in total. The number of hydrogen-bond donors (Lipinski definition) is 0. The van der Waals surface area contributed by atoms with Crippen LogP contribution in [0, 0.1) is 0 Å². The maximum absolute atomic E-state index is 5.70. The van der Waals surface area contributed by atoms with Gasteiger partial charge in [0.2, 0.25) is 0 Å². The van der Waals surface area contributed by atoms with E-state index in [0.29, 0.717) is 0 Å². The van der Waals surface area contributed by atoms with Crippen molar-refractivity contribution >= 4 is 38.5 Å². The monoisotopic (exact) mass is 368 g/mol. The van der Waals surface area contributed by atoms with Crippen molar-refractivity contribution < 1.29 is 4.74 Å². The van der Waals surface area contributed by atoms with Crippen LogP contribution in [0.2, 0.25) is 0 Å².